The van der Waals surface area contributed by atoms with Crippen molar-refractivity contribution in [3.8, 4) is 73.1 Å². The van der Waals surface area contributed by atoms with Gasteiger partial charge in [0.1, 0.15) is 11.6 Å². The fourth-order valence-electron chi connectivity index (χ4n) is 12.1. The number of hydrogen-bond acceptors (Lipinski definition) is 1. The molecule has 0 amide bonds. The Morgan fingerprint density at radius 1 is 0.342 bits per heavy atom. The first-order valence-electron chi connectivity index (χ1n) is 26.1. The highest BCUT2D eigenvalue weighted by Gasteiger charge is 2.41. The van der Waals surface area contributed by atoms with Crippen molar-refractivity contribution in [3.05, 3.63) is 238 Å². The van der Waals surface area contributed by atoms with E-state index in [4.69, 9.17) is 0 Å². The van der Waals surface area contributed by atoms with Gasteiger partial charge in [0.2, 0.25) is 0 Å². The Morgan fingerprint density at radius 2 is 0.684 bits per heavy atom. The summed E-state index contributed by atoms with van der Waals surface area (Å²) in [4.78, 5) is 0. The average Bonchev–Trinajstić information content (AvgIpc) is 3.69. The van der Waals surface area contributed by atoms with E-state index in [1.54, 1.807) is 0 Å². The van der Waals surface area contributed by atoms with Crippen LogP contribution in [0.4, 0.5) is 26.3 Å². The summed E-state index contributed by atoms with van der Waals surface area (Å²) in [6.07, 6.45) is -10.4. The predicted molar refractivity (Wildman–Crippen MR) is 310 cm³/mol. The van der Waals surface area contributed by atoms with Gasteiger partial charge in [0, 0.05) is 27.1 Å². The third kappa shape index (κ3) is 8.63. The van der Waals surface area contributed by atoms with Crippen LogP contribution >= 0.6 is 0 Å². The lowest BCUT2D eigenvalue weighted by molar-refractivity contribution is -0.142. The van der Waals surface area contributed by atoms with Gasteiger partial charge in [0.05, 0.1) is 44.6 Å². The summed E-state index contributed by atoms with van der Waals surface area (Å²) in [6.45, 7) is 14.3. The Bertz CT molecular complexity index is 4420. The molecule has 0 spiro atoms. The van der Waals surface area contributed by atoms with Crippen LogP contribution in [0.1, 0.15) is 55.6 Å². The number of halogens is 6. The Labute approximate surface area is 453 Å². The molecule has 0 aliphatic rings. The second kappa shape index (κ2) is 18.8. The minimum atomic E-state index is -5.20. The average molecular weight is 1050 g/mol. The predicted octanol–water partition coefficient (Wildman–Crippen LogP) is 20.3. The van der Waals surface area contributed by atoms with Crippen LogP contribution in [0.25, 0.3) is 111 Å². The van der Waals surface area contributed by atoms with Crippen LogP contribution in [0, 0.1) is 59.8 Å². The number of fused-ring (bicyclic) bond motifs is 6. The Morgan fingerprint density at radius 3 is 1.00 bits per heavy atom. The molecule has 0 radical (unpaired) electrons. The van der Waals surface area contributed by atoms with E-state index in [9.17, 15) is 5.26 Å². The van der Waals surface area contributed by atoms with Gasteiger partial charge in [-0.05, 0) is 194 Å². The summed E-state index contributed by atoms with van der Waals surface area (Å²) in [5.74, 6) is 0. The molecule has 0 saturated carbocycles. The number of rotatable bonds is 7. The van der Waals surface area contributed by atoms with E-state index in [1.165, 1.54) is 12.1 Å². The van der Waals surface area contributed by atoms with Gasteiger partial charge in [-0.1, -0.05) is 126 Å². The van der Waals surface area contributed by atoms with Crippen LogP contribution in [0.5, 0.6) is 0 Å². The zero-order chi connectivity index (χ0) is 55.4. The fourth-order valence-corrected chi connectivity index (χ4v) is 12.1. The van der Waals surface area contributed by atoms with Crippen LogP contribution in [0.2, 0.25) is 0 Å². The first-order chi connectivity index (χ1) is 37.8. The Kier molecular flexibility index (Phi) is 12.1. The van der Waals surface area contributed by atoms with E-state index >= 15 is 26.3 Å². The van der Waals surface area contributed by atoms with Gasteiger partial charge in [0.25, 0.3) is 0 Å². The maximum Gasteiger partial charge on any atom is 0.417 e. The molecule has 0 fully saturated rings. The van der Waals surface area contributed by atoms with Gasteiger partial charge in [-0.3, -0.25) is 0 Å². The van der Waals surface area contributed by atoms with Gasteiger partial charge < -0.3 is 9.13 Å². The summed E-state index contributed by atoms with van der Waals surface area (Å²) in [6, 6.07) is 58.0. The zero-order valence-corrected chi connectivity index (χ0v) is 44.4. The van der Waals surface area contributed by atoms with Crippen LogP contribution in [0.3, 0.4) is 0 Å². The second-order valence-corrected chi connectivity index (χ2v) is 21.1. The van der Waals surface area contributed by atoms with Gasteiger partial charge >= 0.3 is 12.4 Å². The number of nitriles is 1. The van der Waals surface area contributed by atoms with E-state index in [2.05, 4.69) is 106 Å². The fraction of sp³-hybridized carbons (Fsp3) is 0.129. The van der Waals surface area contributed by atoms with Crippen LogP contribution < -0.4 is 0 Å². The maximum absolute atomic E-state index is 15.5. The minimum absolute atomic E-state index is 0.0396. The molecule has 0 saturated heterocycles. The number of nitrogens with zero attached hydrogens (tertiary/aromatic N) is 3. The van der Waals surface area contributed by atoms with Gasteiger partial charge in [-0.15, -0.1) is 0 Å². The Hall–Kier alpha value is -9.13. The highest BCUT2D eigenvalue weighted by atomic mass is 19.4. The van der Waals surface area contributed by atoms with E-state index < -0.39 is 29.0 Å². The lowest BCUT2D eigenvalue weighted by atomic mass is 9.91. The maximum atomic E-state index is 15.5. The summed E-state index contributed by atoms with van der Waals surface area (Å²) < 4.78 is 96.6. The first-order valence-corrected chi connectivity index (χ1v) is 26.1. The molecule has 0 unspecified atom stereocenters. The molecule has 3 nitrogen and oxygen atoms in total. The molecule has 0 aliphatic carbocycles. The molecule has 0 atom stereocenters. The van der Waals surface area contributed by atoms with Gasteiger partial charge in [0.15, 0.2) is 0 Å². The van der Waals surface area contributed by atoms with Crippen molar-refractivity contribution in [2.75, 3.05) is 0 Å². The number of aryl methyl sites for hydroxylation is 7. The SMILES string of the molecule is Cc1ccc(-c2ccc3c(c2)c2cc(-c4ccccc4C)ccc2n3-c2cc(-c3c(C(F)(F)F)cccc3C(F)(F)F)cc(-n3c4ccc(-c5ccc(C)cc5C)cc4c4cc(-c5ccc(C)cc5C)ccc43)c2C#N)c(C)c1. The summed E-state index contributed by atoms with van der Waals surface area (Å²) >= 11 is 0. The molecule has 0 bridgehead atoms. The van der Waals surface area contributed by atoms with E-state index in [0.29, 0.717) is 34.2 Å². The lowest BCUT2D eigenvalue weighted by Crippen LogP contribution is -2.15. The highest BCUT2D eigenvalue weighted by Crippen LogP contribution is 2.49. The van der Waals surface area contributed by atoms with Crippen LogP contribution in [-0.4, -0.2) is 9.13 Å². The molecule has 12 aromatic rings. The van der Waals surface area contributed by atoms with Crippen molar-refractivity contribution in [2.24, 2.45) is 0 Å². The second-order valence-electron chi connectivity index (χ2n) is 21.1. The van der Waals surface area contributed by atoms with Crippen LogP contribution in [-0.2, 0) is 12.4 Å². The van der Waals surface area contributed by atoms with Crippen molar-refractivity contribution in [3.63, 3.8) is 0 Å². The number of hydrogen-bond donors (Lipinski definition) is 0. The summed E-state index contributed by atoms with van der Waals surface area (Å²) in [7, 11) is 0. The normalized spacial score (nSPS) is 12.1. The van der Waals surface area contributed by atoms with E-state index in [-0.39, 0.29) is 22.5 Å². The molecular formula is C70H51F6N3. The largest absolute Gasteiger partial charge is 0.417 e. The number of aromatic nitrogens is 2. The third-order valence-corrected chi connectivity index (χ3v) is 15.7. The van der Waals surface area contributed by atoms with Gasteiger partial charge in [-0.25, -0.2) is 0 Å². The van der Waals surface area contributed by atoms with Gasteiger partial charge in [-0.2, -0.15) is 31.6 Å². The van der Waals surface area contributed by atoms with E-state index in [1.807, 2.05) is 110 Å². The molecule has 0 aliphatic heterocycles. The monoisotopic (exact) mass is 1050 g/mol. The Balaban J connectivity index is 1.24. The van der Waals surface area contributed by atoms with E-state index in [0.717, 1.165) is 111 Å². The summed E-state index contributed by atoms with van der Waals surface area (Å²) in [5, 5.41) is 15.0. The minimum Gasteiger partial charge on any atom is -0.308 e. The molecule has 2 aromatic heterocycles. The molecular weight excluding hydrogens is 997 g/mol. The lowest BCUT2D eigenvalue weighted by Gasteiger charge is -2.22. The number of alkyl halides is 6. The molecule has 0 N–H and O–H groups in total. The standard InChI is InChI=1S/C70H51F6N3/c1-39-15-22-52(43(5)29-39)47-19-26-63-56(33-47)55-32-46(51-12-9-8-11-42(51)4)18-25-62(55)78(63)66-36-50(68-60(69(71,72)73)13-10-14-61(68)70(74,75)76)37-67(59(66)38-77)79-64-27-20-48(53-23-16-40(2)30-44(53)6)34-57(64)58-35-49(21-28-65(58)79)54-24-17-41(3)31-45(54)7/h8-37H,1-7H3. The highest BCUT2D eigenvalue weighted by molar-refractivity contribution is 6.14. The zero-order valence-electron chi connectivity index (χ0n) is 44.4. The topological polar surface area (TPSA) is 33.6 Å². The molecule has 2 heterocycles. The quantitative estimate of drug-likeness (QED) is 0.146. The van der Waals surface area contributed by atoms with Crippen molar-refractivity contribution < 1.29 is 26.3 Å². The van der Waals surface area contributed by atoms with Crippen molar-refractivity contribution in [2.45, 2.75) is 60.8 Å². The third-order valence-electron chi connectivity index (χ3n) is 15.7. The van der Waals surface area contributed by atoms with Crippen molar-refractivity contribution in [1.29, 1.82) is 5.26 Å². The first kappa shape index (κ1) is 50.7. The van der Waals surface area contributed by atoms with Crippen LogP contribution in [0.15, 0.2) is 182 Å². The summed E-state index contributed by atoms with van der Waals surface area (Å²) in [5.41, 5.74) is 13.6. The molecule has 388 valence electrons. The molecule has 79 heavy (non-hydrogen) atoms. The number of benzene rings is 10. The molecule has 12 rings (SSSR count). The smallest absolute Gasteiger partial charge is 0.308 e. The molecule has 10 aromatic carbocycles. The van der Waals surface area contributed by atoms with Crippen molar-refractivity contribution in [1.82, 2.24) is 9.13 Å². The van der Waals surface area contributed by atoms with Crippen molar-refractivity contribution >= 4 is 43.6 Å². The molecule has 9 heteroatoms.